The van der Waals surface area contributed by atoms with Gasteiger partial charge in [-0.05, 0) is 33.1 Å². The van der Waals surface area contributed by atoms with E-state index in [9.17, 15) is 0 Å². The standard InChI is InChI=1S/C18H25N5O2/c1-13-16(14(2)25-21-13)11-24-15-5-8-23(10-15)18-9-17(19-12-20-18)22-6-3-4-7-22/h9,12,15H,3-8,10-11H2,1-2H3/t15-/m1/s1. The third-order valence-electron chi connectivity index (χ3n) is 5.18. The Morgan fingerprint density at radius 3 is 2.60 bits per heavy atom. The maximum absolute atomic E-state index is 6.10. The number of hydrogen-bond acceptors (Lipinski definition) is 7. The van der Waals surface area contributed by atoms with Gasteiger partial charge < -0.3 is 19.1 Å². The number of anilines is 2. The van der Waals surface area contributed by atoms with Crippen molar-refractivity contribution in [3.8, 4) is 0 Å². The molecule has 2 aliphatic rings. The molecule has 0 aromatic carbocycles. The van der Waals surface area contributed by atoms with Gasteiger partial charge >= 0.3 is 0 Å². The molecule has 2 aliphatic heterocycles. The molecule has 0 amide bonds. The fraction of sp³-hybridized carbons (Fsp3) is 0.611. The van der Waals surface area contributed by atoms with Crippen molar-refractivity contribution < 1.29 is 9.26 Å². The molecular formula is C18H25N5O2. The lowest BCUT2D eigenvalue weighted by Crippen LogP contribution is -2.25. The summed E-state index contributed by atoms with van der Waals surface area (Å²) in [5.74, 6) is 2.89. The van der Waals surface area contributed by atoms with Crippen molar-refractivity contribution in [3.05, 3.63) is 29.4 Å². The number of aryl methyl sites for hydroxylation is 2. The van der Waals surface area contributed by atoms with Crippen molar-refractivity contribution in [1.82, 2.24) is 15.1 Å². The van der Waals surface area contributed by atoms with E-state index in [4.69, 9.17) is 9.26 Å². The van der Waals surface area contributed by atoms with Gasteiger partial charge in [-0.25, -0.2) is 9.97 Å². The molecule has 25 heavy (non-hydrogen) atoms. The maximum atomic E-state index is 6.10. The summed E-state index contributed by atoms with van der Waals surface area (Å²) >= 11 is 0. The normalized spacial score (nSPS) is 20.6. The molecule has 0 bridgehead atoms. The monoisotopic (exact) mass is 343 g/mol. The van der Waals surface area contributed by atoms with Crippen LogP contribution in [0.2, 0.25) is 0 Å². The fourth-order valence-electron chi connectivity index (χ4n) is 3.61. The third-order valence-corrected chi connectivity index (χ3v) is 5.18. The van der Waals surface area contributed by atoms with Crippen LogP contribution in [0.15, 0.2) is 16.9 Å². The van der Waals surface area contributed by atoms with Crippen LogP contribution in [0.3, 0.4) is 0 Å². The minimum absolute atomic E-state index is 0.207. The topological polar surface area (TPSA) is 67.5 Å². The van der Waals surface area contributed by atoms with Crippen molar-refractivity contribution in [2.75, 3.05) is 36.0 Å². The highest BCUT2D eigenvalue weighted by molar-refractivity contribution is 5.51. The third kappa shape index (κ3) is 3.46. The quantitative estimate of drug-likeness (QED) is 0.826. The summed E-state index contributed by atoms with van der Waals surface area (Å²) in [5.41, 5.74) is 1.98. The molecule has 2 aromatic rings. The van der Waals surface area contributed by atoms with Gasteiger partial charge in [0.1, 0.15) is 23.7 Å². The Morgan fingerprint density at radius 1 is 1.12 bits per heavy atom. The zero-order chi connectivity index (χ0) is 17.2. The summed E-state index contributed by atoms with van der Waals surface area (Å²) < 4.78 is 11.3. The lowest BCUT2D eigenvalue weighted by atomic mass is 10.2. The van der Waals surface area contributed by atoms with Crippen LogP contribution < -0.4 is 9.80 Å². The zero-order valence-corrected chi connectivity index (χ0v) is 14.9. The van der Waals surface area contributed by atoms with Crippen molar-refractivity contribution in [1.29, 1.82) is 0 Å². The van der Waals surface area contributed by atoms with Gasteiger partial charge in [0, 0.05) is 37.8 Å². The van der Waals surface area contributed by atoms with Gasteiger partial charge in [-0.1, -0.05) is 5.16 Å². The van der Waals surface area contributed by atoms with Crippen LogP contribution in [0.1, 0.15) is 36.3 Å². The summed E-state index contributed by atoms with van der Waals surface area (Å²) in [6.45, 7) is 8.46. The molecule has 0 spiro atoms. The highest BCUT2D eigenvalue weighted by Crippen LogP contribution is 2.25. The molecule has 1 atom stereocenters. The summed E-state index contributed by atoms with van der Waals surface area (Å²) in [6.07, 6.45) is 5.40. The van der Waals surface area contributed by atoms with Gasteiger partial charge in [0.2, 0.25) is 0 Å². The van der Waals surface area contributed by atoms with E-state index in [-0.39, 0.29) is 6.10 Å². The molecule has 2 saturated heterocycles. The zero-order valence-electron chi connectivity index (χ0n) is 14.9. The Kier molecular flexibility index (Phi) is 4.57. The second-order valence-corrected chi connectivity index (χ2v) is 6.90. The number of hydrogen-bond donors (Lipinski definition) is 0. The first kappa shape index (κ1) is 16.3. The lowest BCUT2D eigenvalue weighted by Gasteiger charge is -2.21. The molecule has 0 radical (unpaired) electrons. The first-order valence-electron chi connectivity index (χ1n) is 9.06. The lowest BCUT2D eigenvalue weighted by molar-refractivity contribution is 0.0544. The van der Waals surface area contributed by atoms with Gasteiger partial charge in [-0.3, -0.25) is 0 Å². The minimum atomic E-state index is 0.207. The molecule has 4 heterocycles. The second-order valence-electron chi connectivity index (χ2n) is 6.90. The van der Waals surface area contributed by atoms with Crippen LogP contribution in [0.5, 0.6) is 0 Å². The SMILES string of the molecule is Cc1noc(C)c1CO[C@@H]1CCN(c2cc(N3CCCC3)ncn2)C1. The largest absolute Gasteiger partial charge is 0.371 e. The van der Waals surface area contributed by atoms with Crippen molar-refractivity contribution in [2.45, 2.75) is 45.8 Å². The van der Waals surface area contributed by atoms with E-state index < -0.39 is 0 Å². The number of aromatic nitrogens is 3. The Bertz CT molecular complexity index is 707. The van der Waals surface area contributed by atoms with Gasteiger partial charge in [-0.15, -0.1) is 0 Å². The average Bonchev–Trinajstić information content (AvgIpc) is 3.36. The van der Waals surface area contributed by atoms with Crippen LogP contribution in [0, 0.1) is 13.8 Å². The molecule has 4 rings (SSSR count). The Labute approximate surface area is 148 Å². The van der Waals surface area contributed by atoms with E-state index in [2.05, 4.69) is 31.0 Å². The summed E-state index contributed by atoms with van der Waals surface area (Å²) in [7, 11) is 0. The molecule has 0 unspecified atom stereocenters. The van der Waals surface area contributed by atoms with Crippen molar-refractivity contribution >= 4 is 11.6 Å². The molecular weight excluding hydrogens is 318 g/mol. The molecule has 2 aromatic heterocycles. The number of rotatable bonds is 5. The first-order valence-corrected chi connectivity index (χ1v) is 9.06. The predicted molar refractivity (Wildman–Crippen MR) is 94.9 cm³/mol. The second kappa shape index (κ2) is 7.00. The Hall–Kier alpha value is -2.15. The Balaban J connectivity index is 1.36. The van der Waals surface area contributed by atoms with Gasteiger partial charge in [0.25, 0.3) is 0 Å². The van der Waals surface area contributed by atoms with Crippen LogP contribution in [0.25, 0.3) is 0 Å². The smallest absolute Gasteiger partial charge is 0.139 e. The van der Waals surface area contributed by atoms with Gasteiger partial charge in [0.05, 0.1) is 18.4 Å². The molecule has 0 N–H and O–H groups in total. The molecule has 0 aliphatic carbocycles. The molecule has 7 heteroatoms. The average molecular weight is 343 g/mol. The van der Waals surface area contributed by atoms with E-state index in [0.29, 0.717) is 6.61 Å². The predicted octanol–water partition coefficient (Wildman–Crippen LogP) is 2.48. The van der Waals surface area contributed by atoms with E-state index in [1.165, 1.54) is 12.8 Å². The summed E-state index contributed by atoms with van der Waals surface area (Å²) in [6, 6.07) is 2.11. The van der Waals surface area contributed by atoms with E-state index >= 15 is 0 Å². The van der Waals surface area contributed by atoms with Gasteiger partial charge in [-0.2, -0.15) is 0 Å². The van der Waals surface area contributed by atoms with E-state index in [1.807, 2.05) is 13.8 Å². The molecule has 7 nitrogen and oxygen atoms in total. The maximum Gasteiger partial charge on any atom is 0.139 e. The van der Waals surface area contributed by atoms with Crippen LogP contribution in [-0.4, -0.2) is 47.4 Å². The number of nitrogens with zero attached hydrogens (tertiary/aromatic N) is 5. The molecule has 134 valence electrons. The van der Waals surface area contributed by atoms with Crippen LogP contribution in [-0.2, 0) is 11.3 Å². The summed E-state index contributed by atoms with van der Waals surface area (Å²) in [5, 5.41) is 3.98. The highest BCUT2D eigenvalue weighted by atomic mass is 16.5. The first-order chi connectivity index (χ1) is 12.2. The number of ether oxygens (including phenoxy) is 1. The van der Waals surface area contributed by atoms with Gasteiger partial charge in [0.15, 0.2) is 0 Å². The highest BCUT2D eigenvalue weighted by Gasteiger charge is 2.26. The molecule has 0 saturated carbocycles. The fourth-order valence-corrected chi connectivity index (χ4v) is 3.61. The van der Waals surface area contributed by atoms with Crippen LogP contribution in [0.4, 0.5) is 11.6 Å². The van der Waals surface area contributed by atoms with Crippen molar-refractivity contribution in [3.63, 3.8) is 0 Å². The molecule has 2 fully saturated rings. The van der Waals surface area contributed by atoms with Crippen LogP contribution >= 0.6 is 0 Å². The summed E-state index contributed by atoms with van der Waals surface area (Å²) in [4.78, 5) is 13.5. The Morgan fingerprint density at radius 2 is 1.88 bits per heavy atom. The van der Waals surface area contributed by atoms with E-state index in [0.717, 1.165) is 61.3 Å². The minimum Gasteiger partial charge on any atom is -0.371 e. The van der Waals surface area contributed by atoms with E-state index in [1.54, 1.807) is 6.33 Å². The van der Waals surface area contributed by atoms with Crippen molar-refractivity contribution in [2.24, 2.45) is 0 Å².